The van der Waals surface area contributed by atoms with Gasteiger partial charge in [0.2, 0.25) is 0 Å². The van der Waals surface area contributed by atoms with E-state index in [0.717, 1.165) is 12.1 Å². The Labute approximate surface area is 97.1 Å². The van der Waals surface area contributed by atoms with Crippen LogP contribution in [0, 0.1) is 0 Å². The maximum atomic E-state index is 10.9. The van der Waals surface area contributed by atoms with Crippen LogP contribution in [0.25, 0.3) is 0 Å². The molecule has 1 rings (SSSR count). The Morgan fingerprint density at radius 2 is 1.94 bits per heavy atom. The molecule has 0 bridgehead atoms. The summed E-state index contributed by atoms with van der Waals surface area (Å²) in [5, 5.41) is 26.7. The predicted octanol–water partition coefficient (Wildman–Crippen LogP) is 0.843. The van der Waals surface area contributed by atoms with Gasteiger partial charge in [-0.25, -0.2) is 9.59 Å². The van der Waals surface area contributed by atoms with Crippen molar-refractivity contribution in [1.82, 2.24) is 0 Å². The molecule has 92 valence electrons. The molecule has 0 saturated carbocycles. The van der Waals surface area contributed by atoms with E-state index in [-0.39, 0.29) is 23.5 Å². The summed E-state index contributed by atoms with van der Waals surface area (Å²) in [6, 6.07) is 3.46. The van der Waals surface area contributed by atoms with Crippen LogP contribution in [0.15, 0.2) is 18.2 Å². The Morgan fingerprint density at radius 3 is 2.41 bits per heavy atom. The van der Waals surface area contributed by atoms with E-state index in [0.29, 0.717) is 0 Å². The van der Waals surface area contributed by atoms with Crippen LogP contribution in [0.5, 0.6) is 5.75 Å². The van der Waals surface area contributed by atoms with Gasteiger partial charge in [-0.1, -0.05) is 0 Å². The van der Waals surface area contributed by atoms with Crippen molar-refractivity contribution in [2.24, 2.45) is 0 Å². The molecule has 0 aliphatic carbocycles. The van der Waals surface area contributed by atoms with Gasteiger partial charge in [-0.3, -0.25) is 0 Å². The summed E-state index contributed by atoms with van der Waals surface area (Å²) in [7, 11) is 0. The molecular formula is C11H12O6. The molecule has 1 unspecified atom stereocenters. The van der Waals surface area contributed by atoms with Crippen LogP contribution in [-0.4, -0.2) is 40.0 Å². The first-order valence-corrected chi connectivity index (χ1v) is 4.83. The van der Waals surface area contributed by atoms with Crippen LogP contribution < -0.4 is 4.74 Å². The molecule has 1 aromatic rings. The second-order valence-electron chi connectivity index (χ2n) is 3.48. The van der Waals surface area contributed by atoms with Crippen molar-refractivity contribution in [3.05, 3.63) is 29.3 Å². The zero-order valence-corrected chi connectivity index (χ0v) is 9.08. The smallest absolute Gasteiger partial charge is 0.339 e. The maximum Gasteiger partial charge on any atom is 0.339 e. The van der Waals surface area contributed by atoms with E-state index in [1.807, 2.05) is 0 Å². The third-order valence-corrected chi connectivity index (χ3v) is 1.94. The molecule has 6 nitrogen and oxygen atoms in total. The van der Waals surface area contributed by atoms with Gasteiger partial charge in [-0.2, -0.15) is 0 Å². The van der Waals surface area contributed by atoms with Gasteiger partial charge in [0.05, 0.1) is 11.7 Å². The SMILES string of the molecule is CC(O)COc1cc(C(=O)O)ccc1C(=O)O. The van der Waals surface area contributed by atoms with E-state index >= 15 is 0 Å². The van der Waals surface area contributed by atoms with Crippen molar-refractivity contribution < 1.29 is 29.6 Å². The number of carbonyl (C=O) groups is 2. The van der Waals surface area contributed by atoms with Crippen molar-refractivity contribution in [2.75, 3.05) is 6.61 Å². The lowest BCUT2D eigenvalue weighted by atomic mass is 10.1. The second kappa shape index (κ2) is 5.31. The molecule has 1 aromatic carbocycles. The number of hydrogen-bond acceptors (Lipinski definition) is 4. The highest BCUT2D eigenvalue weighted by atomic mass is 16.5. The fraction of sp³-hybridized carbons (Fsp3) is 0.273. The van der Waals surface area contributed by atoms with E-state index in [2.05, 4.69) is 0 Å². The van der Waals surface area contributed by atoms with Gasteiger partial charge in [0.15, 0.2) is 0 Å². The van der Waals surface area contributed by atoms with E-state index < -0.39 is 18.0 Å². The summed E-state index contributed by atoms with van der Waals surface area (Å²) in [4.78, 5) is 21.6. The number of rotatable bonds is 5. The fourth-order valence-corrected chi connectivity index (χ4v) is 1.16. The molecule has 0 aromatic heterocycles. The van der Waals surface area contributed by atoms with Crippen molar-refractivity contribution in [3.8, 4) is 5.75 Å². The summed E-state index contributed by atoms with van der Waals surface area (Å²) in [6.45, 7) is 1.37. The number of carboxylic acid groups (broad SMARTS) is 2. The van der Waals surface area contributed by atoms with Gasteiger partial charge in [-0.05, 0) is 25.1 Å². The number of ether oxygens (including phenoxy) is 1. The van der Waals surface area contributed by atoms with E-state index in [4.69, 9.17) is 20.1 Å². The van der Waals surface area contributed by atoms with Crippen LogP contribution in [0.3, 0.4) is 0 Å². The number of aromatic carboxylic acids is 2. The molecule has 0 saturated heterocycles. The van der Waals surface area contributed by atoms with Gasteiger partial charge in [0, 0.05) is 0 Å². The first-order chi connectivity index (χ1) is 7.91. The van der Waals surface area contributed by atoms with Gasteiger partial charge in [-0.15, -0.1) is 0 Å². The fourth-order valence-electron chi connectivity index (χ4n) is 1.16. The number of aliphatic hydroxyl groups is 1. The Kier molecular flexibility index (Phi) is 4.06. The molecule has 0 aliphatic rings. The first kappa shape index (κ1) is 13.0. The maximum absolute atomic E-state index is 10.9. The van der Waals surface area contributed by atoms with E-state index in [1.165, 1.54) is 13.0 Å². The van der Waals surface area contributed by atoms with Crippen molar-refractivity contribution in [2.45, 2.75) is 13.0 Å². The van der Waals surface area contributed by atoms with Crippen LogP contribution in [-0.2, 0) is 0 Å². The van der Waals surface area contributed by atoms with Gasteiger partial charge >= 0.3 is 11.9 Å². The Morgan fingerprint density at radius 1 is 1.29 bits per heavy atom. The van der Waals surface area contributed by atoms with Gasteiger partial charge < -0.3 is 20.1 Å². The van der Waals surface area contributed by atoms with Crippen molar-refractivity contribution in [1.29, 1.82) is 0 Å². The minimum absolute atomic E-state index is 0.0710. The van der Waals surface area contributed by atoms with Crippen LogP contribution >= 0.6 is 0 Å². The highest BCUT2D eigenvalue weighted by Crippen LogP contribution is 2.21. The summed E-state index contributed by atoms with van der Waals surface area (Å²) >= 11 is 0. The zero-order chi connectivity index (χ0) is 13.0. The molecule has 0 aliphatic heterocycles. The first-order valence-electron chi connectivity index (χ1n) is 4.83. The molecule has 0 radical (unpaired) electrons. The molecular weight excluding hydrogens is 228 g/mol. The summed E-state index contributed by atoms with van der Waals surface area (Å²) in [5.74, 6) is -2.47. The summed E-state index contributed by atoms with van der Waals surface area (Å²) in [5.41, 5.74) is -0.216. The summed E-state index contributed by atoms with van der Waals surface area (Å²) in [6.07, 6.45) is -0.773. The second-order valence-corrected chi connectivity index (χ2v) is 3.48. The Balaban J connectivity index is 3.07. The highest BCUT2D eigenvalue weighted by Gasteiger charge is 2.15. The average Bonchev–Trinajstić information content (AvgIpc) is 2.25. The van der Waals surface area contributed by atoms with Gasteiger partial charge in [0.25, 0.3) is 0 Å². The normalized spacial score (nSPS) is 11.9. The van der Waals surface area contributed by atoms with Crippen LogP contribution in [0.4, 0.5) is 0 Å². The number of benzene rings is 1. The Bertz CT molecular complexity index is 438. The molecule has 17 heavy (non-hydrogen) atoms. The number of aliphatic hydroxyl groups excluding tert-OH is 1. The number of hydrogen-bond donors (Lipinski definition) is 3. The zero-order valence-electron chi connectivity index (χ0n) is 9.08. The minimum Gasteiger partial charge on any atom is -0.490 e. The third kappa shape index (κ3) is 3.46. The van der Waals surface area contributed by atoms with Gasteiger partial charge in [0.1, 0.15) is 17.9 Å². The molecule has 0 heterocycles. The number of carboxylic acids is 2. The lowest BCUT2D eigenvalue weighted by Gasteiger charge is -2.11. The average molecular weight is 240 g/mol. The highest BCUT2D eigenvalue weighted by molar-refractivity contribution is 5.94. The molecule has 0 fully saturated rings. The largest absolute Gasteiger partial charge is 0.490 e. The molecule has 0 amide bonds. The standard InChI is InChI=1S/C11H12O6/c1-6(12)5-17-9-4-7(10(13)14)2-3-8(9)11(15)16/h2-4,6,12H,5H2,1H3,(H,13,14)(H,15,16). The van der Waals surface area contributed by atoms with E-state index in [1.54, 1.807) is 0 Å². The molecule has 6 heteroatoms. The lowest BCUT2D eigenvalue weighted by Crippen LogP contribution is -2.15. The molecule has 0 spiro atoms. The topological polar surface area (TPSA) is 104 Å². The lowest BCUT2D eigenvalue weighted by molar-refractivity contribution is 0.0672. The Hall–Kier alpha value is -2.08. The van der Waals surface area contributed by atoms with E-state index in [9.17, 15) is 9.59 Å². The monoisotopic (exact) mass is 240 g/mol. The van der Waals surface area contributed by atoms with Crippen LogP contribution in [0.2, 0.25) is 0 Å². The molecule has 1 atom stereocenters. The quantitative estimate of drug-likeness (QED) is 0.704. The van der Waals surface area contributed by atoms with Crippen molar-refractivity contribution >= 4 is 11.9 Å². The minimum atomic E-state index is -1.22. The molecule has 3 N–H and O–H groups in total. The third-order valence-electron chi connectivity index (χ3n) is 1.94. The van der Waals surface area contributed by atoms with Crippen LogP contribution in [0.1, 0.15) is 27.6 Å². The predicted molar refractivity (Wildman–Crippen MR) is 57.5 cm³/mol. The summed E-state index contributed by atoms with van der Waals surface area (Å²) < 4.78 is 5.06. The van der Waals surface area contributed by atoms with Crippen molar-refractivity contribution in [3.63, 3.8) is 0 Å².